The zero-order valence-electron chi connectivity index (χ0n) is 11.2. The second-order valence-corrected chi connectivity index (χ2v) is 4.34. The number of nitrogens with zero attached hydrogens (tertiary/aromatic N) is 2. The van der Waals surface area contributed by atoms with Crippen LogP contribution in [0.4, 0.5) is 5.69 Å². The average Bonchev–Trinajstić information content (AvgIpc) is 2.87. The number of aromatic nitrogens is 2. The lowest BCUT2D eigenvalue weighted by molar-refractivity contribution is 0.207. The summed E-state index contributed by atoms with van der Waals surface area (Å²) in [7, 11) is 1.56. The molecule has 102 valence electrons. The summed E-state index contributed by atoms with van der Waals surface area (Å²) >= 11 is 0. The molecule has 0 aliphatic rings. The van der Waals surface area contributed by atoms with Gasteiger partial charge < -0.3 is 15.6 Å². The van der Waals surface area contributed by atoms with Crippen molar-refractivity contribution in [1.82, 2.24) is 9.78 Å². The molecule has 0 saturated heterocycles. The van der Waals surface area contributed by atoms with Crippen LogP contribution in [-0.2, 0) is 6.54 Å². The number of benzene rings is 1. The molecule has 2 aromatic rings. The number of nitrogens with two attached hydrogens (primary N) is 1. The van der Waals surface area contributed by atoms with Crippen molar-refractivity contribution in [2.45, 2.75) is 26.0 Å². The molecule has 19 heavy (non-hydrogen) atoms. The van der Waals surface area contributed by atoms with Gasteiger partial charge in [0.15, 0.2) is 0 Å². The number of para-hydroxylation sites is 1. The lowest BCUT2D eigenvalue weighted by Gasteiger charge is -2.16. The summed E-state index contributed by atoms with van der Waals surface area (Å²) in [6.45, 7) is 2.83. The molecule has 0 aliphatic heterocycles. The van der Waals surface area contributed by atoms with Crippen LogP contribution < -0.4 is 10.5 Å². The molecular formula is C14H19N3O2. The summed E-state index contributed by atoms with van der Waals surface area (Å²) in [6.07, 6.45) is 1.84. The van der Waals surface area contributed by atoms with E-state index in [1.54, 1.807) is 36.2 Å². The van der Waals surface area contributed by atoms with Gasteiger partial charge in [0, 0.05) is 18.3 Å². The molecule has 1 atom stereocenters. The molecule has 0 amide bonds. The van der Waals surface area contributed by atoms with Gasteiger partial charge in [-0.15, -0.1) is 0 Å². The van der Waals surface area contributed by atoms with E-state index in [-0.39, 0.29) is 0 Å². The number of rotatable bonds is 5. The SMILES string of the molecule is CCCn1nccc1C(O)c1cccc(OC)c1N. The van der Waals surface area contributed by atoms with Crippen LogP contribution in [0.25, 0.3) is 0 Å². The van der Waals surface area contributed by atoms with Gasteiger partial charge in [0.1, 0.15) is 11.9 Å². The predicted octanol–water partition coefficient (Wildman–Crippen LogP) is 1.97. The molecule has 1 unspecified atom stereocenters. The Balaban J connectivity index is 2.38. The van der Waals surface area contributed by atoms with Crippen molar-refractivity contribution in [1.29, 1.82) is 0 Å². The number of hydrogen-bond acceptors (Lipinski definition) is 4. The van der Waals surface area contributed by atoms with E-state index in [0.29, 0.717) is 17.0 Å². The molecule has 0 aliphatic carbocycles. The zero-order chi connectivity index (χ0) is 13.8. The zero-order valence-corrected chi connectivity index (χ0v) is 11.2. The van der Waals surface area contributed by atoms with Gasteiger partial charge in [-0.05, 0) is 18.6 Å². The van der Waals surface area contributed by atoms with Crippen molar-refractivity contribution in [2.75, 3.05) is 12.8 Å². The first-order valence-corrected chi connectivity index (χ1v) is 6.31. The molecular weight excluding hydrogens is 242 g/mol. The summed E-state index contributed by atoms with van der Waals surface area (Å²) in [4.78, 5) is 0. The fourth-order valence-corrected chi connectivity index (χ4v) is 2.11. The van der Waals surface area contributed by atoms with Crippen molar-refractivity contribution in [3.63, 3.8) is 0 Å². The normalized spacial score (nSPS) is 12.4. The van der Waals surface area contributed by atoms with Gasteiger partial charge in [0.05, 0.1) is 18.5 Å². The Labute approximate surface area is 112 Å². The lowest BCUT2D eigenvalue weighted by atomic mass is 10.0. The molecule has 2 rings (SSSR count). The van der Waals surface area contributed by atoms with Crippen LogP contribution in [0.5, 0.6) is 5.75 Å². The standard InChI is InChI=1S/C14H19N3O2/c1-3-9-17-11(7-8-16-17)14(18)10-5-4-6-12(19-2)13(10)15/h4-8,14,18H,3,9,15H2,1-2H3. The van der Waals surface area contributed by atoms with Crippen LogP contribution in [0, 0.1) is 0 Å². The maximum atomic E-state index is 10.5. The summed E-state index contributed by atoms with van der Waals surface area (Å²) in [6, 6.07) is 7.19. The van der Waals surface area contributed by atoms with Gasteiger partial charge in [-0.3, -0.25) is 4.68 Å². The molecule has 5 nitrogen and oxygen atoms in total. The first-order valence-electron chi connectivity index (χ1n) is 6.31. The molecule has 1 aromatic heterocycles. The molecule has 5 heteroatoms. The Morgan fingerprint density at radius 3 is 2.89 bits per heavy atom. The van der Waals surface area contributed by atoms with Gasteiger partial charge >= 0.3 is 0 Å². The van der Waals surface area contributed by atoms with Crippen LogP contribution in [0.1, 0.15) is 30.7 Å². The largest absolute Gasteiger partial charge is 0.495 e. The molecule has 0 saturated carbocycles. The van der Waals surface area contributed by atoms with Crippen molar-refractivity contribution in [2.24, 2.45) is 0 Å². The van der Waals surface area contributed by atoms with Gasteiger partial charge in [-0.25, -0.2) is 0 Å². The van der Waals surface area contributed by atoms with Crippen LogP contribution in [0.3, 0.4) is 0 Å². The summed E-state index contributed by atoms with van der Waals surface area (Å²) in [5, 5.41) is 14.7. The molecule has 3 N–H and O–H groups in total. The fraction of sp³-hybridized carbons (Fsp3) is 0.357. The minimum Gasteiger partial charge on any atom is -0.495 e. The number of aliphatic hydroxyl groups is 1. The van der Waals surface area contributed by atoms with E-state index in [0.717, 1.165) is 18.7 Å². The van der Waals surface area contributed by atoms with Crippen LogP contribution in [-0.4, -0.2) is 22.0 Å². The Morgan fingerprint density at radius 1 is 1.42 bits per heavy atom. The van der Waals surface area contributed by atoms with Gasteiger partial charge in [-0.1, -0.05) is 19.1 Å². The van der Waals surface area contributed by atoms with Gasteiger partial charge in [0.2, 0.25) is 0 Å². The van der Waals surface area contributed by atoms with Crippen molar-refractivity contribution in [3.8, 4) is 5.75 Å². The van der Waals surface area contributed by atoms with E-state index in [2.05, 4.69) is 12.0 Å². The topological polar surface area (TPSA) is 73.3 Å². The molecule has 0 radical (unpaired) electrons. The highest BCUT2D eigenvalue weighted by Gasteiger charge is 2.19. The Hall–Kier alpha value is -2.01. The lowest BCUT2D eigenvalue weighted by Crippen LogP contribution is -2.12. The van der Waals surface area contributed by atoms with Crippen LogP contribution in [0.2, 0.25) is 0 Å². The minimum atomic E-state index is -0.802. The maximum Gasteiger partial charge on any atom is 0.142 e. The van der Waals surface area contributed by atoms with Crippen molar-refractivity contribution < 1.29 is 9.84 Å². The quantitative estimate of drug-likeness (QED) is 0.807. The second kappa shape index (κ2) is 5.75. The number of aliphatic hydroxyl groups excluding tert-OH is 1. The highest BCUT2D eigenvalue weighted by molar-refractivity contribution is 5.60. The van der Waals surface area contributed by atoms with E-state index in [1.165, 1.54) is 0 Å². The Kier molecular flexibility index (Phi) is 4.06. The van der Waals surface area contributed by atoms with E-state index in [1.807, 2.05) is 6.07 Å². The van der Waals surface area contributed by atoms with Crippen LogP contribution >= 0.6 is 0 Å². The second-order valence-electron chi connectivity index (χ2n) is 4.34. The summed E-state index contributed by atoms with van der Waals surface area (Å²) in [5.41, 5.74) is 7.84. The van der Waals surface area contributed by atoms with E-state index in [9.17, 15) is 5.11 Å². The number of methoxy groups -OCH3 is 1. The van der Waals surface area contributed by atoms with E-state index >= 15 is 0 Å². The Bertz CT molecular complexity index is 551. The fourth-order valence-electron chi connectivity index (χ4n) is 2.11. The Morgan fingerprint density at radius 2 is 2.21 bits per heavy atom. The van der Waals surface area contributed by atoms with E-state index in [4.69, 9.17) is 10.5 Å². The molecule has 0 bridgehead atoms. The highest BCUT2D eigenvalue weighted by atomic mass is 16.5. The number of nitrogen functional groups attached to an aromatic ring is 1. The molecule has 0 fully saturated rings. The number of hydrogen-bond donors (Lipinski definition) is 2. The van der Waals surface area contributed by atoms with Crippen molar-refractivity contribution in [3.05, 3.63) is 41.7 Å². The third-order valence-corrected chi connectivity index (χ3v) is 3.08. The van der Waals surface area contributed by atoms with Gasteiger partial charge in [-0.2, -0.15) is 5.10 Å². The predicted molar refractivity (Wildman–Crippen MR) is 74.0 cm³/mol. The number of ether oxygens (including phenoxy) is 1. The van der Waals surface area contributed by atoms with E-state index < -0.39 is 6.10 Å². The van der Waals surface area contributed by atoms with Crippen molar-refractivity contribution >= 4 is 5.69 Å². The number of aryl methyl sites for hydroxylation is 1. The first-order chi connectivity index (χ1) is 9.19. The molecule has 0 spiro atoms. The average molecular weight is 261 g/mol. The highest BCUT2D eigenvalue weighted by Crippen LogP contribution is 2.32. The molecule has 1 heterocycles. The first kappa shape index (κ1) is 13.4. The smallest absolute Gasteiger partial charge is 0.142 e. The monoisotopic (exact) mass is 261 g/mol. The molecule has 1 aromatic carbocycles. The van der Waals surface area contributed by atoms with Crippen LogP contribution in [0.15, 0.2) is 30.5 Å². The summed E-state index contributed by atoms with van der Waals surface area (Å²) < 4.78 is 6.97. The summed E-state index contributed by atoms with van der Waals surface area (Å²) in [5.74, 6) is 0.568. The maximum absolute atomic E-state index is 10.5. The number of anilines is 1. The van der Waals surface area contributed by atoms with Gasteiger partial charge in [0.25, 0.3) is 0 Å². The third-order valence-electron chi connectivity index (χ3n) is 3.08. The third kappa shape index (κ3) is 2.56. The minimum absolute atomic E-state index is 0.460.